The van der Waals surface area contributed by atoms with Crippen LogP contribution in [0, 0.1) is 0 Å². The van der Waals surface area contributed by atoms with E-state index in [9.17, 15) is 5.11 Å². The second-order valence-electron chi connectivity index (χ2n) is 8.10. The summed E-state index contributed by atoms with van der Waals surface area (Å²) >= 11 is 0. The van der Waals surface area contributed by atoms with Crippen LogP contribution in [0.15, 0.2) is 36.8 Å². The molecule has 3 atom stereocenters. The van der Waals surface area contributed by atoms with E-state index < -0.39 is 0 Å². The van der Waals surface area contributed by atoms with Gasteiger partial charge in [-0.3, -0.25) is 5.10 Å². The number of benzene rings is 1. The van der Waals surface area contributed by atoms with Crippen molar-refractivity contribution in [3.05, 3.63) is 36.8 Å². The Balaban J connectivity index is 1.29. The number of nitrogens with zero attached hydrogens (tertiary/aromatic N) is 5. The fourth-order valence-electron chi connectivity index (χ4n) is 4.72. The number of piperidine rings is 2. The molecule has 3 N–H and O–H groups in total. The Hall–Kier alpha value is -3.00. The van der Waals surface area contributed by atoms with Gasteiger partial charge >= 0.3 is 0 Å². The minimum Gasteiger partial charge on any atom is -0.507 e. The number of rotatable bonds is 4. The first-order valence-corrected chi connectivity index (χ1v) is 10.2. The SMILES string of the molecule is CN1[C@@H]2CCC[C@H]1CC(Nc1ncc(-c3ccc(-c4cn[nH]c4)cc3O)nn1)C2. The summed E-state index contributed by atoms with van der Waals surface area (Å²) in [5.74, 6) is 0.694. The summed E-state index contributed by atoms with van der Waals surface area (Å²) < 4.78 is 0. The number of H-pyrrole nitrogens is 1. The van der Waals surface area contributed by atoms with Gasteiger partial charge in [0.05, 0.1) is 12.4 Å². The molecule has 150 valence electrons. The molecule has 2 saturated heterocycles. The van der Waals surface area contributed by atoms with E-state index in [0.29, 0.717) is 35.3 Å². The van der Waals surface area contributed by atoms with Gasteiger partial charge in [-0.25, -0.2) is 4.98 Å². The number of nitrogens with one attached hydrogen (secondary N) is 2. The van der Waals surface area contributed by atoms with E-state index in [0.717, 1.165) is 24.0 Å². The third kappa shape index (κ3) is 3.55. The highest BCUT2D eigenvalue weighted by Gasteiger charge is 2.36. The molecule has 5 rings (SSSR count). The Morgan fingerprint density at radius 3 is 2.59 bits per heavy atom. The largest absolute Gasteiger partial charge is 0.507 e. The number of hydrogen-bond donors (Lipinski definition) is 3. The van der Waals surface area contributed by atoms with Crippen LogP contribution in [0.4, 0.5) is 5.95 Å². The fourth-order valence-corrected chi connectivity index (χ4v) is 4.72. The van der Waals surface area contributed by atoms with Crippen molar-refractivity contribution < 1.29 is 5.11 Å². The van der Waals surface area contributed by atoms with E-state index in [1.54, 1.807) is 24.7 Å². The minimum atomic E-state index is 0.142. The van der Waals surface area contributed by atoms with Crippen LogP contribution in [0.2, 0.25) is 0 Å². The van der Waals surface area contributed by atoms with Crippen molar-refractivity contribution >= 4 is 5.95 Å². The van der Waals surface area contributed by atoms with Gasteiger partial charge in [0.1, 0.15) is 11.4 Å². The van der Waals surface area contributed by atoms with Crippen LogP contribution in [0.25, 0.3) is 22.4 Å². The number of phenolic OH excluding ortho intramolecular Hbond substituents is 1. The molecule has 29 heavy (non-hydrogen) atoms. The first-order valence-electron chi connectivity index (χ1n) is 10.2. The maximum atomic E-state index is 10.4. The van der Waals surface area contributed by atoms with Gasteiger partial charge in [-0.05, 0) is 50.4 Å². The standard InChI is InChI=1S/C21H25N7O/c1-28-16-3-2-4-17(28)9-15(8-16)25-21-22-12-19(26-27-21)18-6-5-13(7-20(18)29)14-10-23-24-11-14/h5-7,10-12,15-17,29H,2-4,8-9H2,1H3,(H,23,24)(H,22,25,27)/t15?,16-,17+. The molecular weight excluding hydrogens is 366 g/mol. The molecule has 3 aromatic rings. The van der Waals surface area contributed by atoms with Gasteiger partial charge in [-0.15, -0.1) is 10.2 Å². The minimum absolute atomic E-state index is 0.142. The molecule has 2 aliphatic rings. The molecule has 0 aliphatic carbocycles. The molecule has 2 aromatic heterocycles. The smallest absolute Gasteiger partial charge is 0.242 e. The van der Waals surface area contributed by atoms with Crippen LogP contribution >= 0.6 is 0 Å². The lowest BCUT2D eigenvalue weighted by atomic mass is 9.82. The quantitative estimate of drug-likeness (QED) is 0.628. The summed E-state index contributed by atoms with van der Waals surface area (Å²) in [5, 5.41) is 29.2. The molecule has 0 spiro atoms. The summed E-state index contributed by atoms with van der Waals surface area (Å²) in [6, 6.07) is 7.14. The van der Waals surface area contributed by atoms with Gasteiger partial charge in [-0.1, -0.05) is 12.5 Å². The average Bonchev–Trinajstić information content (AvgIpc) is 3.24. The monoisotopic (exact) mass is 391 g/mol. The molecule has 4 heterocycles. The second-order valence-corrected chi connectivity index (χ2v) is 8.10. The number of aromatic nitrogens is 5. The average molecular weight is 391 g/mol. The Bertz CT molecular complexity index is 959. The van der Waals surface area contributed by atoms with Crippen molar-refractivity contribution in [2.24, 2.45) is 0 Å². The highest BCUT2D eigenvalue weighted by molar-refractivity contribution is 5.73. The van der Waals surface area contributed by atoms with Gasteiger partial charge in [0.2, 0.25) is 5.95 Å². The normalized spacial score (nSPS) is 24.4. The van der Waals surface area contributed by atoms with Crippen molar-refractivity contribution in [2.75, 3.05) is 12.4 Å². The second kappa shape index (κ2) is 7.44. The maximum Gasteiger partial charge on any atom is 0.242 e. The zero-order valence-corrected chi connectivity index (χ0v) is 16.4. The molecule has 1 unspecified atom stereocenters. The Labute approximate surface area is 169 Å². The molecule has 8 nitrogen and oxygen atoms in total. The molecule has 0 amide bonds. The third-order valence-electron chi connectivity index (χ3n) is 6.34. The summed E-state index contributed by atoms with van der Waals surface area (Å²) in [4.78, 5) is 6.99. The van der Waals surface area contributed by atoms with Crippen molar-refractivity contribution in [2.45, 2.75) is 50.2 Å². The van der Waals surface area contributed by atoms with E-state index in [1.165, 1.54) is 19.3 Å². The lowest BCUT2D eigenvalue weighted by Gasteiger charge is -2.47. The summed E-state index contributed by atoms with van der Waals surface area (Å²) in [6.07, 6.45) is 11.3. The molecular formula is C21H25N7O. The van der Waals surface area contributed by atoms with Crippen LogP contribution in [0.5, 0.6) is 5.75 Å². The zero-order chi connectivity index (χ0) is 19.8. The Morgan fingerprint density at radius 1 is 1.10 bits per heavy atom. The van der Waals surface area contributed by atoms with Gasteiger partial charge in [0.15, 0.2) is 0 Å². The predicted molar refractivity (Wildman–Crippen MR) is 110 cm³/mol. The van der Waals surface area contributed by atoms with Gasteiger partial charge in [0.25, 0.3) is 0 Å². The summed E-state index contributed by atoms with van der Waals surface area (Å²) in [5.41, 5.74) is 2.95. The molecule has 8 heteroatoms. The molecule has 2 fully saturated rings. The lowest BCUT2D eigenvalue weighted by Crippen LogP contribution is -2.52. The van der Waals surface area contributed by atoms with Gasteiger partial charge in [-0.2, -0.15) is 5.10 Å². The molecule has 0 radical (unpaired) electrons. The van der Waals surface area contributed by atoms with E-state index in [-0.39, 0.29) is 5.75 Å². The van der Waals surface area contributed by atoms with Crippen molar-refractivity contribution in [3.63, 3.8) is 0 Å². The van der Waals surface area contributed by atoms with E-state index in [2.05, 4.69) is 42.6 Å². The first kappa shape index (κ1) is 18.1. The van der Waals surface area contributed by atoms with Crippen LogP contribution in [-0.2, 0) is 0 Å². The van der Waals surface area contributed by atoms with Gasteiger partial charge < -0.3 is 15.3 Å². The Morgan fingerprint density at radius 2 is 1.93 bits per heavy atom. The summed E-state index contributed by atoms with van der Waals surface area (Å²) in [6.45, 7) is 0. The number of phenols is 1. The first-order chi connectivity index (χ1) is 14.2. The number of hydrogen-bond acceptors (Lipinski definition) is 7. The predicted octanol–water partition coefficient (Wildman–Crippen LogP) is 3.06. The highest BCUT2D eigenvalue weighted by Crippen LogP contribution is 2.34. The van der Waals surface area contributed by atoms with Crippen LogP contribution in [0.3, 0.4) is 0 Å². The molecule has 2 aliphatic heterocycles. The molecule has 2 bridgehead atoms. The topological polar surface area (TPSA) is 103 Å². The number of anilines is 1. The molecule has 1 aromatic carbocycles. The summed E-state index contributed by atoms with van der Waals surface area (Å²) in [7, 11) is 2.25. The van der Waals surface area contributed by atoms with Crippen molar-refractivity contribution in [1.82, 2.24) is 30.3 Å². The van der Waals surface area contributed by atoms with Crippen LogP contribution in [-0.4, -0.2) is 60.6 Å². The third-order valence-corrected chi connectivity index (χ3v) is 6.34. The van der Waals surface area contributed by atoms with E-state index in [4.69, 9.17) is 0 Å². The van der Waals surface area contributed by atoms with Crippen LogP contribution < -0.4 is 5.32 Å². The number of aromatic amines is 1. The highest BCUT2D eigenvalue weighted by atomic mass is 16.3. The molecule has 0 saturated carbocycles. The van der Waals surface area contributed by atoms with Crippen molar-refractivity contribution in [1.29, 1.82) is 0 Å². The number of fused-ring (bicyclic) bond motifs is 2. The van der Waals surface area contributed by atoms with Crippen LogP contribution in [0.1, 0.15) is 32.1 Å². The Kier molecular flexibility index (Phi) is 4.63. The lowest BCUT2D eigenvalue weighted by molar-refractivity contribution is 0.0607. The fraction of sp³-hybridized carbons (Fsp3) is 0.429. The van der Waals surface area contributed by atoms with Crippen molar-refractivity contribution in [3.8, 4) is 28.1 Å². The van der Waals surface area contributed by atoms with E-state index in [1.807, 2.05) is 12.1 Å². The maximum absolute atomic E-state index is 10.4. The number of aromatic hydroxyl groups is 1. The van der Waals surface area contributed by atoms with E-state index >= 15 is 0 Å². The zero-order valence-electron chi connectivity index (χ0n) is 16.4. The van der Waals surface area contributed by atoms with Gasteiger partial charge in [0, 0.05) is 35.4 Å².